The van der Waals surface area contributed by atoms with Crippen LogP contribution in [0.25, 0.3) is 11.0 Å². The van der Waals surface area contributed by atoms with Gasteiger partial charge in [-0.3, -0.25) is 4.79 Å². The zero-order valence-electron chi connectivity index (χ0n) is 13.6. The highest BCUT2D eigenvalue weighted by molar-refractivity contribution is 5.89. The molecule has 0 amide bonds. The largest absolute Gasteiger partial charge is 0.474 e. The average Bonchev–Trinajstić information content (AvgIpc) is 2.91. The number of carbonyl (C=O) groups excluding carboxylic acids is 1. The number of rotatable bonds is 7. The number of nitrogens with one attached hydrogen (secondary N) is 1. The number of aromatic nitrogens is 3. The maximum absolute atomic E-state index is 11.3. The van der Waals surface area contributed by atoms with Crippen LogP contribution in [0.2, 0.25) is 0 Å². The van der Waals surface area contributed by atoms with Gasteiger partial charge in [-0.25, -0.2) is 9.97 Å². The molecule has 22 heavy (non-hydrogen) atoms. The van der Waals surface area contributed by atoms with Crippen molar-refractivity contribution in [2.75, 3.05) is 0 Å². The Hall–Kier alpha value is -2.17. The van der Waals surface area contributed by atoms with Crippen molar-refractivity contribution in [1.29, 1.82) is 0 Å². The van der Waals surface area contributed by atoms with E-state index in [-0.39, 0.29) is 11.9 Å². The predicted octanol–water partition coefficient (Wildman–Crippen LogP) is 3.46. The van der Waals surface area contributed by atoms with Gasteiger partial charge in [0.25, 0.3) is 0 Å². The third kappa shape index (κ3) is 3.72. The van der Waals surface area contributed by atoms with Gasteiger partial charge in [-0.1, -0.05) is 26.8 Å². The van der Waals surface area contributed by atoms with Gasteiger partial charge in [0.2, 0.25) is 5.88 Å². The molecule has 0 aliphatic rings. The summed E-state index contributed by atoms with van der Waals surface area (Å²) in [5.41, 5.74) is 1.79. The van der Waals surface area contributed by atoms with Gasteiger partial charge >= 0.3 is 0 Å². The second-order valence-electron chi connectivity index (χ2n) is 5.71. The van der Waals surface area contributed by atoms with Crippen LogP contribution in [0, 0.1) is 5.92 Å². The van der Waals surface area contributed by atoms with E-state index in [0.717, 1.165) is 16.6 Å². The Morgan fingerprint density at radius 2 is 2.14 bits per heavy atom. The molecule has 0 spiro atoms. The number of H-pyrrole nitrogens is 1. The van der Waals surface area contributed by atoms with Gasteiger partial charge in [-0.2, -0.15) is 0 Å². The van der Waals surface area contributed by atoms with Crippen LogP contribution < -0.4 is 4.74 Å². The van der Waals surface area contributed by atoms with Crippen molar-refractivity contribution in [3.05, 3.63) is 30.2 Å². The summed E-state index contributed by atoms with van der Waals surface area (Å²) in [6, 6.07) is 0. The van der Waals surface area contributed by atoms with Gasteiger partial charge in [0.05, 0.1) is 11.5 Å². The molecule has 1 unspecified atom stereocenters. The lowest BCUT2D eigenvalue weighted by Crippen LogP contribution is -2.19. The molecule has 5 heteroatoms. The summed E-state index contributed by atoms with van der Waals surface area (Å²) in [6.45, 7) is 8.11. The average molecular weight is 301 g/mol. The van der Waals surface area contributed by atoms with E-state index in [1.54, 1.807) is 6.08 Å². The molecule has 2 aromatic rings. The van der Waals surface area contributed by atoms with Crippen molar-refractivity contribution in [3.63, 3.8) is 0 Å². The van der Waals surface area contributed by atoms with Crippen LogP contribution in [0.1, 0.15) is 39.7 Å². The van der Waals surface area contributed by atoms with Gasteiger partial charge in [-0.05, 0) is 30.9 Å². The third-order valence-electron chi connectivity index (χ3n) is 3.74. The monoisotopic (exact) mass is 301 g/mol. The number of ketones is 1. The number of nitrogens with zero attached hydrogens (tertiary/aromatic N) is 2. The number of aromatic amines is 1. The van der Waals surface area contributed by atoms with Gasteiger partial charge in [-0.15, -0.1) is 0 Å². The molecule has 1 N–H and O–H groups in total. The fourth-order valence-corrected chi connectivity index (χ4v) is 1.99. The first-order valence-electron chi connectivity index (χ1n) is 7.69. The van der Waals surface area contributed by atoms with Gasteiger partial charge in [0.1, 0.15) is 12.0 Å². The number of ether oxygens (including phenoxy) is 1. The minimum Gasteiger partial charge on any atom is -0.474 e. The summed E-state index contributed by atoms with van der Waals surface area (Å²) in [6.07, 6.45) is 8.13. The number of hydrogen-bond donors (Lipinski definition) is 1. The van der Waals surface area contributed by atoms with E-state index in [9.17, 15) is 4.79 Å². The fourth-order valence-electron chi connectivity index (χ4n) is 1.99. The first-order valence-corrected chi connectivity index (χ1v) is 7.69. The first-order chi connectivity index (χ1) is 10.5. The summed E-state index contributed by atoms with van der Waals surface area (Å²) >= 11 is 0. The highest BCUT2D eigenvalue weighted by Crippen LogP contribution is 2.27. The van der Waals surface area contributed by atoms with Crippen molar-refractivity contribution in [2.45, 2.75) is 46.6 Å². The van der Waals surface area contributed by atoms with Crippen LogP contribution in [0.3, 0.4) is 0 Å². The molecule has 2 heterocycles. The van der Waals surface area contributed by atoms with E-state index in [4.69, 9.17) is 4.74 Å². The summed E-state index contributed by atoms with van der Waals surface area (Å²) in [5, 5.41) is 0.892. The van der Waals surface area contributed by atoms with E-state index in [1.807, 2.05) is 26.1 Å². The van der Waals surface area contributed by atoms with Crippen molar-refractivity contribution >= 4 is 16.8 Å². The third-order valence-corrected chi connectivity index (χ3v) is 3.74. The summed E-state index contributed by atoms with van der Waals surface area (Å²) in [7, 11) is 0. The minimum atomic E-state index is 0.0676. The molecule has 5 nitrogen and oxygen atoms in total. The molecule has 0 saturated heterocycles. The number of hydrogen-bond acceptors (Lipinski definition) is 4. The van der Waals surface area contributed by atoms with Crippen LogP contribution >= 0.6 is 0 Å². The van der Waals surface area contributed by atoms with Crippen LogP contribution in [0.5, 0.6) is 5.88 Å². The highest BCUT2D eigenvalue weighted by atomic mass is 16.5. The number of carbonyl (C=O) groups is 1. The van der Waals surface area contributed by atoms with E-state index in [2.05, 4.69) is 28.8 Å². The lowest BCUT2D eigenvalue weighted by molar-refractivity contribution is -0.114. The van der Waals surface area contributed by atoms with Crippen molar-refractivity contribution in [1.82, 2.24) is 15.0 Å². The minimum absolute atomic E-state index is 0.0676. The Bertz CT molecular complexity index is 674. The van der Waals surface area contributed by atoms with Crippen LogP contribution in [0.4, 0.5) is 0 Å². The quantitative estimate of drug-likeness (QED) is 0.795. The molecule has 0 fully saturated rings. The molecule has 0 aliphatic heterocycles. The van der Waals surface area contributed by atoms with E-state index < -0.39 is 0 Å². The molecule has 0 radical (unpaired) electrons. The second-order valence-corrected chi connectivity index (χ2v) is 5.71. The Labute approximate surface area is 130 Å². The van der Waals surface area contributed by atoms with Crippen LogP contribution in [-0.2, 0) is 11.2 Å². The maximum atomic E-state index is 11.3. The molecular weight excluding hydrogens is 278 g/mol. The van der Waals surface area contributed by atoms with Crippen LogP contribution in [-0.4, -0.2) is 26.8 Å². The van der Waals surface area contributed by atoms with E-state index in [0.29, 0.717) is 24.6 Å². The van der Waals surface area contributed by atoms with Crippen molar-refractivity contribution < 1.29 is 9.53 Å². The van der Waals surface area contributed by atoms with Gasteiger partial charge < -0.3 is 9.72 Å². The molecule has 0 aromatic carbocycles. The number of allylic oxidation sites excluding steroid dienone is 2. The molecule has 118 valence electrons. The summed E-state index contributed by atoms with van der Waals surface area (Å²) in [5.74, 6) is 1.12. The first kappa shape index (κ1) is 16.2. The fraction of sp³-hybridized carbons (Fsp3) is 0.471. The molecular formula is C17H23N3O2. The smallest absolute Gasteiger partial charge is 0.226 e. The summed E-state index contributed by atoms with van der Waals surface area (Å²) in [4.78, 5) is 23.0. The predicted molar refractivity (Wildman–Crippen MR) is 87.0 cm³/mol. The molecule has 1 atom stereocenters. The van der Waals surface area contributed by atoms with Crippen LogP contribution in [0.15, 0.2) is 24.7 Å². The molecule has 2 rings (SSSR count). The Kier molecular flexibility index (Phi) is 5.31. The zero-order chi connectivity index (χ0) is 16.1. The maximum Gasteiger partial charge on any atom is 0.226 e. The van der Waals surface area contributed by atoms with E-state index in [1.165, 1.54) is 6.33 Å². The Morgan fingerprint density at radius 1 is 1.36 bits per heavy atom. The topological polar surface area (TPSA) is 67.9 Å². The SMILES string of the molecule is CCC(=O)C=CCc1c[nH]c2ncnc(OC(C)C(C)C)c12. The normalized spacial score (nSPS) is 13.1. The zero-order valence-corrected chi connectivity index (χ0v) is 13.6. The molecule has 2 aromatic heterocycles. The lowest BCUT2D eigenvalue weighted by Gasteiger charge is -2.17. The lowest BCUT2D eigenvalue weighted by atomic mass is 10.1. The highest BCUT2D eigenvalue weighted by Gasteiger charge is 2.15. The molecule has 0 saturated carbocycles. The van der Waals surface area contributed by atoms with Gasteiger partial charge in [0.15, 0.2) is 5.78 Å². The van der Waals surface area contributed by atoms with E-state index >= 15 is 0 Å². The number of fused-ring (bicyclic) bond motifs is 1. The second kappa shape index (κ2) is 7.20. The van der Waals surface area contributed by atoms with Crippen molar-refractivity contribution in [3.8, 4) is 5.88 Å². The Balaban J connectivity index is 2.28. The molecule has 0 bridgehead atoms. The van der Waals surface area contributed by atoms with Crippen molar-refractivity contribution in [2.24, 2.45) is 5.92 Å². The summed E-state index contributed by atoms with van der Waals surface area (Å²) < 4.78 is 5.97. The van der Waals surface area contributed by atoms with Gasteiger partial charge in [0, 0.05) is 12.6 Å². The standard InChI is InChI=1S/C17H23N3O2/c1-5-14(21)8-6-7-13-9-18-16-15(13)17(20-10-19-16)22-12(4)11(2)3/h6,8-12H,5,7H2,1-4H3,(H,18,19,20). The Morgan fingerprint density at radius 3 is 2.82 bits per heavy atom. The molecule has 0 aliphatic carbocycles.